The molecular weight excluding hydrogens is 519 g/mol. The highest BCUT2D eigenvalue weighted by molar-refractivity contribution is 6.35. The summed E-state index contributed by atoms with van der Waals surface area (Å²) in [5.41, 5.74) is 2.05. The second kappa shape index (κ2) is 8.62. The molecule has 9 nitrogen and oxygen atoms in total. The second-order valence-corrected chi connectivity index (χ2v) is 11.6. The molecule has 11 heteroatoms. The lowest BCUT2D eigenvalue weighted by Gasteiger charge is -2.60. The highest BCUT2D eigenvalue weighted by Gasteiger charge is 2.53. The third-order valence-corrected chi connectivity index (χ3v) is 8.67. The van der Waals surface area contributed by atoms with Gasteiger partial charge >= 0.3 is 0 Å². The number of aromatic amines is 1. The third kappa shape index (κ3) is 3.69. The molecule has 3 saturated heterocycles. The number of carbonyl (C=O) groups excluding carboxylic acids is 1. The molecule has 3 fully saturated rings. The average molecular weight is 547 g/mol. The number of benzene rings is 2. The van der Waals surface area contributed by atoms with Crippen LogP contribution < -0.4 is 9.80 Å². The van der Waals surface area contributed by atoms with E-state index in [9.17, 15) is 4.79 Å². The zero-order valence-electron chi connectivity index (χ0n) is 21.8. The minimum atomic E-state index is -0.470. The van der Waals surface area contributed by atoms with Crippen molar-refractivity contribution in [2.45, 2.75) is 6.04 Å². The minimum absolute atomic E-state index is 0.0298. The van der Waals surface area contributed by atoms with E-state index in [0.29, 0.717) is 52.4 Å². The van der Waals surface area contributed by atoms with Gasteiger partial charge in [0.05, 0.1) is 16.7 Å². The molecule has 0 radical (unpaired) electrons. The molecule has 2 aromatic carbocycles. The Balaban J connectivity index is 1.31. The normalized spacial score (nSPS) is 18.5. The smallest absolute Gasteiger partial charge is 0.245 e. The summed E-state index contributed by atoms with van der Waals surface area (Å²) in [4.78, 5) is 29.9. The van der Waals surface area contributed by atoms with Crippen molar-refractivity contribution >= 4 is 51.1 Å². The van der Waals surface area contributed by atoms with Crippen LogP contribution in [0.1, 0.15) is 0 Å². The monoisotopic (exact) mass is 546 g/mol. The summed E-state index contributed by atoms with van der Waals surface area (Å²) in [5.74, 6) is 0.678. The maximum atomic E-state index is 16.5. The molecule has 4 aromatic rings. The number of amides is 1. The molecule has 200 valence electrons. The van der Waals surface area contributed by atoms with Gasteiger partial charge in [0, 0.05) is 67.1 Å². The van der Waals surface area contributed by atoms with Gasteiger partial charge in [0.2, 0.25) is 11.9 Å². The highest BCUT2D eigenvalue weighted by Crippen LogP contribution is 2.46. The molecule has 0 saturated carbocycles. The summed E-state index contributed by atoms with van der Waals surface area (Å²) in [6, 6.07) is 7.78. The van der Waals surface area contributed by atoms with Crippen LogP contribution in [0.3, 0.4) is 0 Å². The fourth-order valence-corrected chi connectivity index (χ4v) is 6.38. The Hall–Kier alpha value is -3.76. The van der Waals surface area contributed by atoms with Crippen molar-refractivity contribution < 1.29 is 9.18 Å². The van der Waals surface area contributed by atoms with Crippen molar-refractivity contribution in [3.05, 3.63) is 54.0 Å². The van der Waals surface area contributed by atoms with Gasteiger partial charge in [-0.3, -0.25) is 9.89 Å². The number of rotatable bonds is 5. The molecule has 0 aliphatic carbocycles. The van der Waals surface area contributed by atoms with Crippen molar-refractivity contribution in [1.29, 1.82) is 0 Å². The largest absolute Gasteiger partial charge is 0.354 e. The topological polar surface area (TPSA) is 84.5 Å². The molecule has 0 atom stereocenters. The summed E-state index contributed by atoms with van der Waals surface area (Å²) >= 11 is 6.79. The Bertz CT molecular complexity index is 1650. The van der Waals surface area contributed by atoms with Gasteiger partial charge in [-0.05, 0) is 37.9 Å². The van der Waals surface area contributed by atoms with Crippen LogP contribution >= 0.6 is 11.6 Å². The van der Waals surface area contributed by atoms with Crippen LogP contribution in [0.4, 0.5) is 16.2 Å². The molecule has 3 aliphatic heterocycles. The second-order valence-electron chi connectivity index (χ2n) is 11.2. The quantitative estimate of drug-likeness (QED) is 0.383. The van der Waals surface area contributed by atoms with Gasteiger partial charge in [0.15, 0.2) is 5.82 Å². The van der Waals surface area contributed by atoms with E-state index in [4.69, 9.17) is 21.6 Å². The first-order valence-corrected chi connectivity index (χ1v) is 13.3. The molecule has 1 N–H and O–H groups in total. The summed E-state index contributed by atoms with van der Waals surface area (Å²) in [6.07, 6.45) is 3.04. The van der Waals surface area contributed by atoms with Crippen molar-refractivity contribution in [2.24, 2.45) is 5.41 Å². The average Bonchev–Trinajstić information content (AvgIpc) is 3.31. The molecule has 0 bridgehead atoms. The number of anilines is 2. The predicted octanol–water partition coefficient (Wildman–Crippen LogP) is 3.55. The number of nitrogens with one attached hydrogen (secondary N) is 1. The number of nitrogens with zero attached hydrogens (tertiary/aromatic N) is 7. The number of hydrogen-bond donors (Lipinski definition) is 1. The van der Waals surface area contributed by atoms with E-state index in [2.05, 4.69) is 45.6 Å². The van der Waals surface area contributed by atoms with E-state index in [1.807, 2.05) is 18.2 Å². The number of hydrogen-bond acceptors (Lipinski definition) is 7. The molecule has 1 spiro atoms. The fourth-order valence-electron chi connectivity index (χ4n) is 6.09. The lowest BCUT2D eigenvalue weighted by molar-refractivity contribution is -0.139. The van der Waals surface area contributed by atoms with E-state index in [1.165, 1.54) is 6.08 Å². The van der Waals surface area contributed by atoms with Gasteiger partial charge in [-0.2, -0.15) is 10.1 Å². The summed E-state index contributed by atoms with van der Waals surface area (Å²) < 4.78 is 16.5. The van der Waals surface area contributed by atoms with Gasteiger partial charge in [0.1, 0.15) is 11.3 Å². The van der Waals surface area contributed by atoms with E-state index >= 15 is 4.39 Å². The fraction of sp³-hybridized carbons (Fsp3) is 0.357. The maximum Gasteiger partial charge on any atom is 0.245 e. The Morgan fingerprint density at radius 2 is 1.95 bits per heavy atom. The minimum Gasteiger partial charge on any atom is -0.354 e. The van der Waals surface area contributed by atoms with Gasteiger partial charge < -0.3 is 19.6 Å². The lowest BCUT2D eigenvalue weighted by Crippen LogP contribution is -2.73. The molecule has 1 amide bonds. The number of carbonyl (C=O) groups is 1. The summed E-state index contributed by atoms with van der Waals surface area (Å²) in [7, 11) is 4.11. The van der Waals surface area contributed by atoms with Crippen molar-refractivity contribution in [3.63, 3.8) is 0 Å². The highest BCUT2D eigenvalue weighted by atomic mass is 35.5. The molecule has 2 aromatic heterocycles. The molecular formula is C28H28ClFN8O. The SMILES string of the molecule is C=CC(=O)N1CC2(C1)CN(c1nc(N3CC(N(C)C)C3)nc3c(F)c(-c4cccc5[nH]ncc45)c(Cl)cc13)C2. The summed E-state index contributed by atoms with van der Waals surface area (Å²) in [6.45, 7) is 7.98. The maximum absolute atomic E-state index is 16.5. The van der Waals surface area contributed by atoms with Crippen LogP contribution in [0, 0.1) is 11.2 Å². The Kier molecular flexibility index (Phi) is 5.37. The number of fused-ring (bicyclic) bond motifs is 2. The van der Waals surface area contributed by atoms with Gasteiger partial charge in [0.25, 0.3) is 0 Å². The van der Waals surface area contributed by atoms with Crippen molar-refractivity contribution in [3.8, 4) is 11.1 Å². The number of likely N-dealkylation sites (N-methyl/N-ethyl adjacent to an activating group) is 1. The van der Waals surface area contributed by atoms with Gasteiger partial charge in [-0.15, -0.1) is 0 Å². The zero-order chi connectivity index (χ0) is 27.1. The van der Waals surface area contributed by atoms with E-state index < -0.39 is 5.82 Å². The van der Waals surface area contributed by atoms with E-state index in [1.54, 1.807) is 17.2 Å². The first-order chi connectivity index (χ1) is 18.8. The lowest BCUT2D eigenvalue weighted by atomic mass is 9.72. The molecule has 39 heavy (non-hydrogen) atoms. The van der Waals surface area contributed by atoms with E-state index in [0.717, 1.165) is 37.1 Å². The van der Waals surface area contributed by atoms with Crippen LogP contribution in [-0.2, 0) is 4.79 Å². The number of likely N-dealkylation sites (tertiary alicyclic amines) is 1. The number of halogens is 2. The Morgan fingerprint density at radius 3 is 2.67 bits per heavy atom. The van der Waals surface area contributed by atoms with Crippen molar-refractivity contribution in [1.82, 2.24) is 30.0 Å². The number of H-pyrrole nitrogens is 1. The van der Waals surface area contributed by atoms with Crippen LogP contribution in [0.15, 0.2) is 43.1 Å². The van der Waals surface area contributed by atoms with Crippen LogP contribution in [-0.4, -0.2) is 95.3 Å². The molecule has 7 rings (SSSR count). The number of aromatic nitrogens is 4. The molecule has 5 heterocycles. The zero-order valence-corrected chi connectivity index (χ0v) is 22.5. The standard InChI is InChI=1S/C28H28ClFN8O/c1-4-22(39)37-12-28(13-37)14-38(15-28)26-18-8-20(29)23(17-6-5-7-21-19(17)9-31-34-21)24(30)25(18)32-27(33-26)36-10-16(11-36)35(2)3/h4-9,16H,1,10-15H2,2-3H3,(H,31,34). The third-order valence-electron chi connectivity index (χ3n) is 8.37. The Labute approximate surface area is 229 Å². The van der Waals surface area contributed by atoms with Crippen LogP contribution in [0.25, 0.3) is 32.9 Å². The molecule has 3 aliphatic rings. The van der Waals surface area contributed by atoms with E-state index in [-0.39, 0.29) is 16.8 Å². The Morgan fingerprint density at radius 1 is 1.18 bits per heavy atom. The first kappa shape index (κ1) is 24.3. The first-order valence-electron chi connectivity index (χ1n) is 13.0. The van der Waals surface area contributed by atoms with Crippen LogP contribution in [0.5, 0.6) is 0 Å². The van der Waals surface area contributed by atoms with Gasteiger partial charge in [-0.1, -0.05) is 30.3 Å². The molecule has 0 unspecified atom stereocenters. The van der Waals surface area contributed by atoms with Crippen molar-refractivity contribution in [2.75, 3.05) is 63.2 Å². The van der Waals surface area contributed by atoms with Gasteiger partial charge in [-0.25, -0.2) is 9.37 Å². The van der Waals surface area contributed by atoms with Crippen LogP contribution in [0.2, 0.25) is 5.02 Å². The predicted molar refractivity (Wildman–Crippen MR) is 151 cm³/mol. The summed E-state index contributed by atoms with van der Waals surface area (Å²) in [5, 5.41) is 8.74.